The molecule has 0 radical (unpaired) electrons. The van der Waals surface area contributed by atoms with E-state index in [0.29, 0.717) is 10.9 Å². The highest BCUT2D eigenvalue weighted by molar-refractivity contribution is 8.14. The van der Waals surface area contributed by atoms with Gasteiger partial charge in [-0.25, -0.2) is 9.79 Å². The van der Waals surface area contributed by atoms with E-state index in [-0.39, 0.29) is 17.3 Å². The smallest absolute Gasteiger partial charge is 0.335 e. The van der Waals surface area contributed by atoms with Gasteiger partial charge in [0.1, 0.15) is 6.04 Å². The summed E-state index contributed by atoms with van der Waals surface area (Å²) in [4.78, 5) is 27.2. The zero-order valence-electron chi connectivity index (χ0n) is 12.2. The van der Waals surface area contributed by atoms with E-state index in [1.807, 2.05) is 30.3 Å². The monoisotopic (exact) mass is 320 g/mol. The fourth-order valence-electron chi connectivity index (χ4n) is 2.06. The third kappa shape index (κ3) is 3.67. The molecule has 0 aliphatic carbocycles. The summed E-state index contributed by atoms with van der Waals surface area (Å²) in [5.41, 5.74) is 1.51. The third-order valence-electron chi connectivity index (χ3n) is 3.12. The van der Waals surface area contributed by atoms with Gasteiger partial charge in [0.25, 0.3) is 0 Å². The van der Waals surface area contributed by atoms with Crippen LogP contribution in [0.4, 0.5) is 0 Å². The molecule has 1 aliphatic rings. The van der Waals surface area contributed by atoms with Gasteiger partial charge in [-0.1, -0.05) is 42.1 Å². The number of carboxylic acids is 1. The Morgan fingerprint density at radius 3 is 2.64 bits per heavy atom. The number of hydrogen-bond donors (Lipinski definition) is 2. The zero-order valence-corrected chi connectivity index (χ0v) is 13.0. The second-order valence-corrected chi connectivity index (χ2v) is 5.55. The van der Waals surface area contributed by atoms with Crippen LogP contribution in [-0.2, 0) is 14.3 Å². The average molecular weight is 320 g/mol. The van der Waals surface area contributed by atoms with Gasteiger partial charge in [-0.2, -0.15) is 0 Å². The van der Waals surface area contributed by atoms with Gasteiger partial charge in [-0.15, -0.1) is 0 Å². The van der Waals surface area contributed by atoms with Gasteiger partial charge in [0.05, 0.1) is 18.4 Å². The van der Waals surface area contributed by atoms with Gasteiger partial charge in [-0.3, -0.25) is 4.79 Å². The summed E-state index contributed by atoms with van der Waals surface area (Å²) in [5.74, 6) is -1.27. The van der Waals surface area contributed by atoms with Gasteiger partial charge in [0.2, 0.25) is 0 Å². The molecule has 2 rings (SSSR count). The molecule has 1 atom stereocenters. The number of nitrogens with zero attached hydrogens (tertiary/aromatic N) is 1. The lowest BCUT2D eigenvalue weighted by Gasteiger charge is -2.24. The van der Waals surface area contributed by atoms with E-state index < -0.39 is 12.0 Å². The first-order valence-corrected chi connectivity index (χ1v) is 7.55. The number of esters is 1. The third-order valence-corrected chi connectivity index (χ3v) is 3.98. The average Bonchev–Trinajstić information content (AvgIpc) is 2.52. The Hall–Kier alpha value is -2.28. The SMILES string of the molecule is COC(=O)CSC1=NC(c2ccccc2)C(C(=O)O)=C(C)N1. The molecule has 1 heterocycles. The number of aliphatic carboxylic acids is 1. The number of rotatable bonds is 4. The topological polar surface area (TPSA) is 88.0 Å². The molecule has 7 heteroatoms. The quantitative estimate of drug-likeness (QED) is 0.825. The van der Waals surface area contributed by atoms with E-state index in [9.17, 15) is 14.7 Å². The molecule has 1 aromatic carbocycles. The van der Waals surface area contributed by atoms with Gasteiger partial charge >= 0.3 is 11.9 Å². The van der Waals surface area contributed by atoms with Crippen molar-refractivity contribution in [2.75, 3.05) is 12.9 Å². The first-order valence-electron chi connectivity index (χ1n) is 6.56. The van der Waals surface area contributed by atoms with Crippen molar-refractivity contribution in [1.29, 1.82) is 0 Å². The van der Waals surface area contributed by atoms with Crippen molar-refractivity contribution in [2.45, 2.75) is 13.0 Å². The van der Waals surface area contributed by atoms with Crippen molar-refractivity contribution in [3.63, 3.8) is 0 Å². The first kappa shape index (κ1) is 16.1. The van der Waals surface area contributed by atoms with Gasteiger partial charge in [0, 0.05) is 5.70 Å². The van der Waals surface area contributed by atoms with Crippen molar-refractivity contribution in [3.8, 4) is 0 Å². The summed E-state index contributed by atoms with van der Waals surface area (Å²) in [7, 11) is 1.32. The number of methoxy groups -OCH3 is 1. The standard InChI is InChI=1S/C15H16N2O4S/c1-9-12(14(19)20)13(10-6-4-3-5-7-10)17-15(16-9)22-8-11(18)21-2/h3-7,13H,8H2,1-2H3,(H,16,17)(H,19,20). The lowest BCUT2D eigenvalue weighted by Crippen LogP contribution is -2.30. The number of carboxylic acid groups (broad SMARTS) is 1. The number of thioether (sulfide) groups is 1. The Balaban J connectivity index is 2.30. The highest BCUT2D eigenvalue weighted by atomic mass is 32.2. The fraction of sp³-hybridized carbons (Fsp3) is 0.267. The molecule has 0 saturated heterocycles. The van der Waals surface area contributed by atoms with Crippen LogP contribution >= 0.6 is 11.8 Å². The van der Waals surface area contributed by atoms with Crippen molar-refractivity contribution < 1.29 is 19.4 Å². The predicted octanol–water partition coefficient (Wildman–Crippen LogP) is 1.95. The molecular formula is C15H16N2O4S. The normalized spacial score (nSPS) is 17.5. The number of nitrogens with one attached hydrogen (secondary N) is 1. The Morgan fingerprint density at radius 2 is 2.05 bits per heavy atom. The van der Waals surface area contributed by atoms with Gasteiger partial charge < -0.3 is 15.2 Å². The lowest BCUT2D eigenvalue weighted by atomic mass is 9.97. The number of carbonyl (C=O) groups is 2. The molecular weight excluding hydrogens is 304 g/mol. The molecule has 0 spiro atoms. The van der Waals surface area contributed by atoms with E-state index in [2.05, 4.69) is 15.0 Å². The van der Waals surface area contributed by atoms with Crippen LogP contribution in [0.3, 0.4) is 0 Å². The summed E-state index contributed by atoms with van der Waals surface area (Å²) in [6, 6.07) is 8.60. The number of ether oxygens (including phenoxy) is 1. The van der Waals surface area contributed by atoms with Gasteiger partial charge in [-0.05, 0) is 12.5 Å². The fourth-order valence-corrected chi connectivity index (χ4v) is 2.84. The molecule has 0 aromatic heterocycles. The molecule has 0 bridgehead atoms. The van der Waals surface area contributed by atoms with Crippen molar-refractivity contribution in [1.82, 2.24) is 5.32 Å². The lowest BCUT2D eigenvalue weighted by molar-refractivity contribution is -0.137. The summed E-state index contributed by atoms with van der Waals surface area (Å²) < 4.78 is 4.59. The highest BCUT2D eigenvalue weighted by Gasteiger charge is 2.29. The van der Waals surface area contributed by atoms with Gasteiger partial charge in [0.15, 0.2) is 5.17 Å². The Morgan fingerprint density at radius 1 is 1.36 bits per heavy atom. The summed E-state index contributed by atoms with van der Waals surface area (Å²) in [5, 5.41) is 12.9. The maximum absolute atomic E-state index is 11.5. The van der Waals surface area contributed by atoms with E-state index in [0.717, 1.165) is 5.56 Å². The van der Waals surface area contributed by atoms with Crippen molar-refractivity contribution in [2.24, 2.45) is 4.99 Å². The number of amidine groups is 1. The molecule has 0 fully saturated rings. The van der Waals surface area contributed by atoms with Crippen LogP contribution in [0, 0.1) is 0 Å². The second kappa shape index (κ2) is 7.13. The Bertz CT molecular complexity index is 640. The highest BCUT2D eigenvalue weighted by Crippen LogP contribution is 2.31. The molecule has 1 aliphatic heterocycles. The van der Waals surface area contributed by atoms with Crippen LogP contribution in [0.2, 0.25) is 0 Å². The Labute approximate surface area is 132 Å². The maximum Gasteiger partial charge on any atom is 0.335 e. The summed E-state index contributed by atoms with van der Waals surface area (Å²) in [6.45, 7) is 1.69. The zero-order chi connectivity index (χ0) is 16.1. The molecule has 1 unspecified atom stereocenters. The van der Waals surface area contributed by atoms with Crippen LogP contribution in [0.5, 0.6) is 0 Å². The maximum atomic E-state index is 11.5. The summed E-state index contributed by atoms with van der Waals surface area (Å²) in [6.07, 6.45) is 0. The Kier molecular flexibility index (Phi) is 5.21. The van der Waals surface area contributed by atoms with Crippen LogP contribution < -0.4 is 5.32 Å². The molecule has 116 valence electrons. The van der Waals surface area contributed by atoms with E-state index in [4.69, 9.17) is 0 Å². The minimum atomic E-state index is -1.01. The number of allylic oxidation sites excluding steroid dienone is 1. The van der Waals surface area contributed by atoms with Crippen molar-refractivity contribution in [3.05, 3.63) is 47.2 Å². The number of aliphatic imine (C=N–C) groups is 1. The van der Waals surface area contributed by atoms with Crippen molar-refractivity contribution >= 4 is 28.9 Å². The summed E-state index contributed by atoms with van der Waals surface area (Å²) >= 11 is 1.18. The molecule has 0 amide bonds. The van der Waals surface area contributed by atoms with Crippen LogP contribution in [0.1, 0.15) is 18.5 Å². The van der Waals surface area contributed by atoms with Crippen LogP contribution in [0.25, 0.3) is 0 Å². The number of carbonyl (C=O) groups excluding carboxylic acids is 1. The largest absolute Gasteiger partial charge is 0.478 e. The minimum absolute atomic E-state index is 0.111. The molecule has 6 nitrogen and oxygen atoms in total. The molecule has 22 heavy (non-hydrogen) atoms. The predicted molar refractivity (Wildman–Crippen MR) is 84.6 cm³/mol. The molecule has 2 N–H and O–H groups in total. The van der Waals surface area contributed by atoms with E-state index in [1.54, 1.807) is 6.92 Å². The van der Waals surface area contributed by atoms with Crippen LogP contribution in [-0.4, -0.2) is 35.1 Å². The van der Waals surface area contributed by atoms with E-state index in [1.165, 1.54) is 18.9 Å². The number of hydrogen-bond acceptors (Lipinski definition) is 6. The second-order valence-electron chi connectivity index (χ2n) is 4.58. The van der Waals surface area contributed by atoms with Crippen LogP contribution in [0.15, 0.2) is 46.6 Å². The molecule has 0 saturated carbocycles. The van der Waals surface area contributed by atoms with E-state index >= 15 is 0 Å². The number of benzene rings is 1. The minimum Gasteiger partial charge on any atom is -0.478 e. The first-order chi connectivity index (χ1) is 10.5. The molecule has 1 aromatic rings.